The number of aromatic hydroxyl groups is 1. The Balaban J connectivity index is 1.94. The molecule has 0 bridgehead atoms. The van der Waals surface area contributed by atoms with E-state index in [0.29, 0.717) is 23.5 Å². The van der Waals surface area contributed by atoms with E-state index in [0.717, 1.165) is 37.5 Å². The summed E-state index contributed by atoms with van der Waals surface area (Å²) >= 11 is 0. The van der Waals surface area contributed by atoms with Gasteiger partial charge < -0.3 is 25.8 Å². The number of ether oxygens (including phenoxy) is 1. The number of benzene rings is 2. The molecule has 0 aromatic heterocycles. The zero-order valence-electron chi connectivity index (χ0n) is 22.9. The fraction of sp³-hybridized carbons (Fsp3) is 0.517. The molecule has 37 heavy (non-hydrogen) atoms. The van der Waals surface area contributed by atoms with Gasteiger partial charge >= 0.3 is 0 Å². The summed E-state index contributed by atoms with van der Waals surface area (Å²) in [6, 6.07) is 11.2. The number of nitrogens with two attached hydrogens (primary N) is 1. The molecular formula is C29H43N5O3. The van der Waals surface area contributed by atoms with E-state index in [2.05, 4.69) is 17.1 Å². The molecule has 1 heterocycles. The second-order valence-corrected chi connectivity index (χ2v) is 10.4. The van der Waals surface area contributed by atoms with Crippen LogP contribution >= 0.6 is 0 Å². The largest absolute Gasteiger partial charge is 0.507 e. The first kappa shape index (κ1) is 28.5. The maximum absolute atomic E-state index is 12.8. The van der Waals surface area contributed by atoms with Gasteiger partial charge in [0.1, 0.15) is 17.7 Å². The monoisotopic (exact) mass is 509 g/mol. The number of phenolic OH excluding ortho intramolecular Hbond substituents is 1. The molecule has 5 N–H and O–H groups in total. The third kappa shape index (κ3) is 7.02. The normalized spacial score (nSPS) is 15.4. The van der Waals surface area contributed by atoms with Gasteiger partial charge in [-0.15, -0.1) is 0 Å². The minimum Gasteiger partial charge on any atom is -0.507 e. The number of methoxy groups -OCH3 is 1. The number of carbonyl (C=O) groups is 1. The Morgan fingerprint density at radius 1 is 1.22 bits per heavy atom. The predicted octanol–water partition coefficient (Wildman–Crippen LogP) is 4.72. The Labute approximate surface area is 221 Å². The molecule has 2 aromatic carbocycles. The summed E-state index contributed by atoms with van der Waals surface area (Å²) in [5.74, 6) is 0.642. The molecule has 1 saturated heterocycles. The van der Waals surface area contributed by atoms with Crippen LogP contribution in [0.4, 0.5) is 5.69 Å². The Morgan fingerprint density at radius 2 is 1.86 bits per heavy atom. The molecule has 8 nitrogen and oxygen atoms in total. The smallest absolute Gasteiger partial charge is 0.286 e. The van der Waals surface area contributed by atoms with Crippen LogP contribution in [0.2, 0.25) is 0 Å². The van der Waals surface area contributed by atoms with Crippen molar-refractivity contribution < 1.29 is 14.6 Å². The van der Waals surface area contributed by atoms with Gasteiger partial charge in [0.05, 0.1) is 7.11 Å². The minimum atomic E-state index is -0.960. The van der Waals surface area contributed by atoms with E-state index >= 15 is 0 Å². The lowest BCUT2D eigenvalue weighted by atomic mass is 9.97. The molecule has 1 aliphatic heterocycles. The van der Waals surface area contributed by atoms with Gasteiger partial charge in [0, 0.05) is 30.4 Å². The molecule has 3 rings (SSSR count). The first-order valence-corrected chi connectivity index (χ1v) is 13.3. The number of anilines is 1. The molecule has 0 aliphatic carbocycles. The van der Waals surface area contributed by atoms with Gasteiger partial charge in [-0.1, -0.05) is 39.8 Å². The molecule has 1 amide bonds. The summed E-state index contributed by atoms with van der Waals surface area (Å²) in [7, 11) is 1.56. The Morgan fingerprint density at radius 3 is 2.43 bits per heavy atom. The van der Waals surface area contributed by atoms with Crippen LogP contribution in [0.3, 0.4) is 0 Å². The summed E-state index contributed by atoms with van der Waals surface area (Å²) in [5, 5.41) is 22.3. The molecule has 202 valence electrons. The lowest BCUT2D eigenvalue weighted by Crippen LogP contribution is -2.47. The number of nitrogens with one attached hydrogen (secondary N) is 2. The van der Waals surface area contributed by atoms with Gasteiger partial charge in [-0.2, -0.15) is 0 Å². The molecule has 1 unspecified atom stereocenters. The van der Waals surface area contributed by atoms with Crippen LogP contribution < -0.4 is 20.7 Å². The molecule has 1 fully saturated rings. The number of rotatable bonds is 9. The van der Waals surface area contributed by atoms with Crippen molar-refractivity contribution in [2.24, 2.45) is 11.7 Å². The molecular weight excluding hydrogens is 466 g/mol. The molecule has 0 saturated carbocycles. The summed E-state index contributed by atoms with van der Waals surface area (Å²) in [6.07, 6.45) is 2.23. The zero-order chi connectivity index (χ0) is 27.1. The predicted molar refractivity (Wildman–Crippen MR) is 149 cm³/mol. The highest BCUT2D eigenvalue weighted by atomic mass is 16.5. The summed E-state index contributed by atoms with van der Waals surface area (Å²) < 4.78 is 5.45. The van der Waals surface area contributed by atoms with Crippen molar-refractivity contribution in [3.05, 3.63) is 53.1 Å². The lowest BCUT2D eigenvalue weighted by molar-refractivity contribution is -0.115. The number of amides is 1. The fourth-order valence-electron chi connectivity index (χ4n) is 4.71. The second-order valence-electron chi connectivity index (χ2n) is 10.4. The van der Waals surface area contributed by atoms with Crippen LogP contribution in [-0.2, 0) is 11.3 Å². The summed E-state index contributed by atoms with van der Waals surface area (Å²) in [5.41, 5.74) is 9.79. The van der Waals surface area contributed by atoms with Crippen LogP contribution in [-0.4, -0.2) is 48.5 Å². The number of piperidine rings is 1. The Hall–Kier alpha value is -3.10. The van der Waals surface area contributed by atoms with Crippen molar-refractivity contribution in [2.75, 3.05) is 31.6 Å². The maximum atomic E-state index is 12.8. The number of carbonyl (C=O) groups excluding carboxylic acids is 1. The van der Waals surface area contributed by atoms with Gasteiger partial charge in [-0.25, -0.2) is 0 Å². The zero-order valence-corrected chi connectivity index (χ0v) is 22.9. The van der Waals surface area contributed by atoms with E-state index in [1.54, 1.807) is 19.2 Å². The van der Waals surface area contributed by atoms with Gasteiger partial charge in [0.15, 0.2) is 5.84 Å². The second kappa shape index (κ2) is 12.9. The van der Waals surface area contributed by atoms with Crippen molar-refractivity contribution in [1.82, 2.24) is 10.2 Å². The van der Waals surface area contributed by atoms with E-state index in [4.69, 9.17) is 15.9 Å². The highest BCUT2D eigenvalue weighted by Crippen LogP contribution is 2.37. The van der Waals surface area contributed by atoms with Crippen molar-refractivity contribution >= 4 is 17.4 Å². The number of amidine groups is 1. The molecule has 1 atom stereocenters. The lowest BCUT2D eigenvalue weighted by Gasteiger charge is -2.32. The summed E-state index contributed by atoms with van der Waals surface area (Å²) in [6.45, 7) is 11.8. The Kier molecular flexibility index (Phi) is 9.94. The number of hydrogen-bond donors (Lipinski definition) is 4. The van der Waals surface area contributed by atoms with E-state index in [1.807, 2.05) is 45.0 Å². The highest BCUT2D eigenvalue weighted by Gasteiger charge is 2.29. The van der Waals surface area contributed by atoms with Crippen LogP contribution in [0, 0.1) is 11.3 Å². The average molecular weight is 510 g/mol. The molecule has 8 heteroatoms. The molecule has 1 aliphatic rings. The van der Waals surface area contributed by atoms with Crippen molar-refractivity contribution in [3.63, 3.8) is 0 Å². The van der Waals surface area contributed by atoms with Crippen LogP contribution in [0.5, 0.6) is 11.5 Å². The number of nitrogens with zero attached hydrogens (tertiary/aromatic N) is 2. The Bertz CT molecular complexity index is 1060. The third-order valence-corrected chi connectivity index (χ3v) is 7.09. The number of phenols is 1. The van der Waals surface area contributed by atoms with Crippen LogP contribution in [0.15, 0.2) is 36.4 Å². The average Bonchev–Trinajstić information content (AvgIpc) is 2.89. The van der Waals surface area contributed by atoms with E-state index in [-0.39, 0.29) is 17.5 Å². The van der Waals surface area contributed by atoms with E-state index < -0.39 is 12.1 Å². The summed E-state index contributed by atoms with van der Waals surface area (Å²) in [4.78, 5) is 16.8. The molecule has 2 aromatic rings. The van der Waals surface area contributed by atoms with Crippen molar-refractivity contribution in [3.8, 4) is 11.5 Å². The topological polar surface area (TPSA) is 115 Å². The van der Waals surface area contributed by atoms with Gasteiger partial charge in [0.25, 0.3) is 5.91 Å². The van der Waals surface area contributed by atoms with Crippen LogP contribution in [0.25, 0.3) is 0 Å². The van der Waals surface area contributed by atoms with Crippen molar-refractivity contribution in [1.29, 1.82) is 5.41 Å². The van der Waals surface area contributed by atoms with Gasteiger partial charge in [-0.05, 0) is 73.5 Å². The first-order chi connectivity index (χ1) is 17.7. The SMILES string of the molecule is CCCNC(=O)C(=N)N(c1ccc(CN2CCC(C)CC2)cc1)C(N)c1cc(C(C)C)c(OC)cc1O. The van der Waals surface area contributed by atoms with Gasteiger partial charge in [0.2, 0.25) is 0 Å². The minimum absolute atomic E-state index is 0.0449. The van der Waals surface area contributed by atoms with Crippen molar-refractivity contribution in [2.45, 2.75) is 65.6 Å². The van der Waals surface area contributed by atoms with Crippen LogP contribution in [0.1, 0.15) is 75.7 Å². The quantitative estimate of drug-likeness (QED) is 0.221. The molecule has 0 spiro atoms. The maximum Gasteiger partial charge on any atom is 0.286 e. The van der Waals surface area contributed by atoms with E-state index in [9.17, 15) is 9.90 Å². The molecule has 0 radical (unpaired) electrons. The standard InChI is InChI=1S/C29H43N5O3/c1-6-13-32-29(36)28(31)34(27(30)24-16-23(19(2)3)26(37-5)17-25(24)35)22-9-7-21(8-10-22)18-33-14-11-20(4)12-15-33/h7-10,16-17,19-20,27,31,35H,6,11-15,18,30H2,1-5H3,(H,32,36). The third-order valence-electron chi connectivity index (χ3n) is 7.09. The van der Waals surface area contributed by atoms with Gasteiger partial charge in [-0.3, -0.25) is 15.1 Å². The number of likely N-dealkylation sites (tertiary alicyclic amines) is 1. The fourth-order valence-corrected chi connectivity index (χ4v) is 4.71. The van der Waals surface area contributed by atoms with E-state index in [1.165, 1.54) is 23.3 Å². The number of hydrogen-bond acceptors (Lipinski definition) is 6. The highest BCUT2D eigenvalue weighted by molar-refractivity contribution is 6.41. The first-order valence-electron chi connectivity index (χ1n) is 13.3.